The molecule has 4 heterocycles. The Kier molecular flexibility index (Phi) is 4.61. The van der Waals surface area contributed by atoms with Crippen LogP contribution in [0.15, 0.2) is 60.3 Å². The molecule has 2 fully saturated rings. The lowest BCUT2D eigenvalue weighted by Gasteiger charge is -2.37. The van der Waals surface area contributed by atoms with Crippen LogP contribution >= 0.6 is 0 Å². The summed E-state index contributed by atoms with van der Waals surface area (Å²) in [4.78, 5) is 31.6. The molecule has 2 saturated heterocycles. The lowest BCUT2D eigenvalue weighted by molar-refractivity contribution is -0.149. The van der Waals surface area contributed by atoms with Crippen LogP contribution in [0, 0.1) is 0 Å². The number of aliphatic hydroxyl groups is 1. The quantitative estimate of drug-likeness (QED) is 0.454. The van der Waals surface area contributed by atoms with Crippen LogP contribution in [0.2, 0.25) is 0 Å². The number of rotatable bonds is 4. The Bertz CT molecular complexity index is 1350. The third-order valence-electron chi connectivity index (χ3n) is 7.47. The van der Waals surface area contributed by atoms with Gasteiger partial charge in [-0.3, -0.25) is 9.59 Å². The highest BCUT2D eigenvalue weighted by Gasteiger charge is 2.62. The van der Waals surface area contributed by atoms with Gasteiger partial charge >= 0.3 is 0 Å². The number of piperazine rings is 1. The van der Waals surface area contributed by atoms with Crippen LogP contribution < -0.4 is 10.6 Å². The summed E-state index contributed by atoms with van der Waals surface area (Å²) in [5, 5.41) is 18.8. The molecule has 1 aromatic heterocycles. The molecule has 2 aromatic carbocycles. The number of carbonyl (C=O) groups excluding carboxylic acids is 2. The van der Waals surface area contributed by atoms with E-state index in [-0.39, 0.29) is 18.2 Å². The zero-order chi connectivity index (χ0) is 23.6. The van der Waals surface area contributed by atoms with Crippen molar-refractivity contribution < 1.29 is 14.7 Å². The number of allylic oxidation sites excluding steroid dienone is 2. The highest BCUT2D eigenvalue weighted by molar-refractivity contribution is 5.99. The molecule has 4 unspecified atom stereocenters. The van der Waals surface area contributed by atoms with E-state index in [1.807, 2.05) is 36.5 Å². The van der Waals surface area contributed by atoms with E-state index in [2.05, 4.69) is 47.7 Å². The van der Waals surface area contributed by atoms with E-state index in [0.717, 1.165) is 34.1 Å². The molecule has 3 aromatic rings. The van der Waals surface area contributed by atoms with E-state index >= 15 is 0 Å². The maximum absolute atomic E-state index is 13.6. The number of carbonyl (C=O) groups is 2. The number of benzene rings is 2. The van der Waals surface area contributed by atoms with Gasteiger partial charge < -0.3 is 25.6 Å². The topological polar surface area (TPSA) is 97.5 Å². The number of para-hydroxylation sites is 2. The SMILES string of the molecule is CC(C)=CCc1cccc2c(CC3NC(=O)C4CC5(O)c6ccccc6NC5N4C3=O)c[nH]c12. The molecule has 6 rings (SSSR count). The first kappa shape index (κ1) is 21.0. The van der Waals surface area contributed by atoms with Gasteiger partial charge in [-0.1, -0.05) is 48.0 Å². The standard InChI is InChI=1S/C27H28N4O3/c1-15(2)10-11-16-6-5-7-18-17(14-28-23(16)18)12-21-25(33)31-22(24(32)29-21)13-27(34)19-8-3-4-9-20(19)30-26(27)31/h3-10,14,21-22,26,28,30,34H,11-13H2,1-2H3,(H,29,32). The summed E-state index contributed by atoms with van der Waals surface area (Å²) < 4.78 is 0. The van der Waals surface area contributed by atoms with Gasteiger partial charge in [-0.15, -0.1) is 0 Å². The van der Waals surface area contributed by atoms with Crippen LogP contribution in [0.25, 0.3) is 10.9 Å². The highest BCUT2D eigenvalue weighted by Crippen LogP contribution is 2.50. The van der Waals surface area contributed by atoms with Crippen molar-refractivity contribution in [2.45, 2.75) is 57.0 Å². The van der Waals surface area contributed by atoms with Crippen LogP contribution in [0.3, 0.4) is 0 Å². The minimum absolute atomic E-state index is 0.166. The fourth-order valence-corrected chi connectivity index (χ4v) is 5.79. The summed E-state index contributed by atoms with van der Waals surface area (Å²) in [5.74, 6) is -0.378. The number of hydrogen-bond acceptors (Lipinski definition) is 4. The Balaban J connectivity index is 1.29. The molecular weight excluding hydrogens is 428 g/mol. The van der Waals surface area contributed by atoms with E-state index in [1.165, 1.54) is 11.1 Å². The summed E-state index contributed by atoms with van der Waals surface area (Å²) in [6, 6.07) is 12.3. The zero-order valence-electron chi connectivity index (χ0n) is 19.3. The number of anilines is 1. The second kappa shape index (κ2) is 7.46. The number of fused-ring (bicyclic) bond motifs is 6. The fourth-order valence-electron chi connectivity index (χ4n) is 5.79. The molecule has 7 nitrogen and oxygen atoms in total. The average molecular weight is 457 g/mol. The van der Waals surface area contributed by atoms with Gasteiger partial charge in [0.25, 0.3) is 0 Å². The smallest absolute Gasteiger partial charge is 0.247 e. The number of aromatic nitrogens is 1. The third-order valence-corrected chi connectivity index (χ3v) is 7.47. The third kappa shape index (κ3) is 3.00. The molecule has 34 heavy (non-hydrogen) atoms. The Morgan fingerprint density at radius 2 is 1.94 bits per heavy atom. The van der Waals surface area contributed by atoms with Crippen molar-refractivity contribution in [3.63, 3.8) is 0 Å². The minimum atomic E-state index is -1.27. The highest BCUT2D eigenvalue weighted by atomic mass is 16.3. The van der Waals surface area contributed by atoms with Crippen LogP contribution in [0.4, 0.5) is 5.69 Å². The molecule has 3 aliphatic rings. The van der Waals surface area contributed by atoms with Crippen LogP contribution in [-0.4, -0.2) is 45.1 Å². The van der Waals surface area contributed by atoms with Gasteiger partial charge in [-0.2, -0.15) is 0 Å². The molecule has 0 bridgehead atoms. The first-order valence-electron chi connectivity index (χ1n) is 11.8. The second-order valence-corrected chi connectivity index (χ2v) is 9.89. The van der Waals surface area contributed by atoms with Crippen molar-refractivity contribution in [2.75, 3.05) is 5.32 Å². The predicted molar refractivity (Wildman–Crippen MR) is 130 cm³/mol. The van der Waals surface area contributed by atoms with Gasteiger partial charge in [0, 0.05) is 41.2 Å². The Hall–Kier alpha value is -3.58. The monoisotopic (exact) mass is 456 g/mol. The number of nitrogens with one attached hydrogen (secondary N) is 3. The van der Waals surface area contributed by atoms with Gasteiger partial charge in [-0.25, -0.2) is 0 Å². The molecular formula is C27H28N4O3. The Morgan fingerprint density at radius 3 is 2.76 bits per heavy atom. The molecule has 0 aliphatic carbocycles. The minimum Gasteiger partial charge on any atom is -0.381 e. The van der Waals surface area contributed by atoms with Crippen molar-refractivity contribution in [2.24, 2.45) is 0 Å². The zero-order valence-corrected chi connectivity index (χ0v) is 19.3. The van der Waals surface area contributed by atoms with Gasteiger partial charge in [-0.05, 0) is 37.5 Å². The van der Waals surface area contributed by atoms with Crippen molar-refractivity contribution in [1.82, 2.24) is 15.2 Å². The molecule has 0 spiro atoms. The molecule has 7 heteroatoms. The Morgan fingerprint density at radius 1 is 1.12 bits per heavy atom. The number of hydrogen-bond donors (Lipinski definition) is 4. The lowest BCUT2D eigenvalue weighted by atomic mass is 9.91. The normalized spacial score (nSPS) is 27.1. The molecule has 2 amide bonds. The molecule has 0 radical (unpaired) electrons. The van der Waals surface area contributed by atoms with Crippen LogP contribution in [0.1, 0.15) is 37.0 Å². The van der Waals surface area contributed by atoms with Gasteiger partial charge in [0.15, 0.2) is 0 Å². The van der Waals surface area contributed by atoms with Gasteiger partial charge in [0.2, 0.25) is 11.8 Å². The van der Waals surface area contributed by atoms with E-state index in [4.69, 9.17) is 0 Å². The predicted octanol–water partition coefficient (Wildman–Crippen LogP) is 2.96. The number of nitrogens with zero attached hydrogens (tertiary/aromatic N) is 1. The summed E-state index contributed by atoms with van der Waals surface area (Å²) in [6.07, 6.45) is 4.90. The molecule has 174 valence electrons. The van der Waals surface area contributed by atoms with Crippen molar-refractivity contribution in [3.8, 4) is 0 Å². The average Bonchev–Trinajstić information content (AvgIpc) is 3.44. The fraction of sp³-hybridized carbons (Fsp3) is 0.333. The van der Waals surface area contributed by atoms with Crippen LogP contribution in [-0.2, 0) is 28.0 Å². The van der Waals surface area contributed by atoms with Gasteiger partial charge in [0.05, 0.1) is 0 Å². The first-order valence-corrected chi connectivity index (χ1v) is 11.8. The van der Waals surface area contributed by atoms with E-state index in [0.29, 0.717) is 6.42 Å². The number of H-pyrrole nitrogens is 1. The second-order valence-electron chi connectivity index (χ2n) is 9.89. The van der Waals surface area contributed by atoms with Crippen molar-refractivity contribution >= 4 is 28.4 Å². The molecule has 3 aliphatic heterocycles. The molecule has 4 atom stereocenters. The number of aromatic amines is 1. The van der Waals surface area contributed by atoms with Gasteiger partial charge in [0.1, 0.15) is 23.9 Å². The van der Waals surface area contributed by atoms with Crippen molar-refractivity contribution in [3.05, 3.63) is 77.0 Å². The molecule has 4 N–H and O–H groups in total. The lowest BCUT2D eigenvalue weighted by Crippen LogP contribution is -2.64. The van der Waals surface area contributed by atoms with E-state index in [1.54, 1.807) is 4.90 Å². The number of amides is 2. The van der Waals surface area contributed by atoms with Crippen molar-refractivity contribution in [1.29, 1.82) is 0 Å². The summed E-state index contributed by atoms with van der Waals surface area (Å²) in [5.41, 5.74) is 4.79. The largest absolute Gasteiger partial charge is 0.381 e. The van der Waals surface area contributed by atoms with E-state index < -0.39 is 23.9 Å². The molecule has 0 saturated carbocycles. The van der Waals surface area contributed by atoms with E-state index in [9.17, 15) is 14.7 Å². The summed E-state index contributed by atoms with van der Waals surface area (Å²) in [6.45, 7) is 4.17. The van der Waals surface area contributed by atoms with Crippen LogP contribution in [0.5, 0.6) is 0 Å². The Labute approximate surface area is 197 Å². The maximum atomic E-state index is 13.6. The maximum Gasteiger partial charge on any atom is 0.247 e. The summed E-state index contributed by atoms with van der Waals surface area (Å²) >= 11 is 0. The first-order chi connectivity index (χ1) is 16.4. The summed E-state index contributed by atoms with van der Waals surface area (Å²) in [7, 11) is 0.